The van der Waals surface area contributed by atoms with Crippen LogP contribution in [0.1, 0.15) is 51.3 Å². The molecule has 0 radical (unpaired) electrons. The van der Waals surface area contributed by atoms with Crippen LogP contribution in [0.15, 0.2) is 12.4 Å². The normalized spacial score (nSPS) is 21.9. The number of piperazine rings is 1. The Labute approximate surface area is 158 Å². The molecule has 0 aliphatic carbocycles. The molecule has 1 atom stereocenters. The number of nitrogens with zero attached hydrogens (tertiary/aromatic N) is 5. The van der Waals surface area contributed by atoms with Crippen molar-refractivity contribution in [3.05, 3.63) is 18.2 Å². The summed E-state index contributed by atoms with van der Waals surface area (Å²) >= 11 is 0. The summed E-state index contributed by atoms with van der Waals surface area (Å²) in [5, 5.41) is 0. The van der Waals surface area contributed by atoms with Crippen LogP contribution >= 0.6 is 0 Å². The molecule has 0 N–H and O–H groups in total. The van der Waals surface area contributed by atoms with Crippen molar-refractivity contribution in [2.24, 2.45) is 0 Å². The number of hydrogen-bond acceptors (Lipinski definition) is 4. The fourth-order valence-corrected chi connectivity index (χ4v) is 4.19. The fourth-order valence-electron chi connectivity index (χ4n) is 4.19. The zero-order chi connectivity index (χ0) is 18.5. The number of hydrogen-bond donors (Lipinski definition) is 0. The number of likely N-dealkylation sites (N-methyl/N-ethyl adjacent to an activating group) is 1. The molecular formula is C20H35N5O. The molecule has 0 bridgehead atoms. The molecule has 2 aliphatic heterocycles. The Morgan fingerprint density at radius 3 is 2.54 bits per heavy atom. The number of amides is 1. The Balaban J connectivity index is 1.51. The van der Waals surface area contributed by atoms with Crippen molar-refractivity contribution < 1.29 is 4.79 Å². The monoisotopic (exact) mass is 361 g/mol. The van der Waals surface area contributed by atoms with Gasteiger partial charge in [-0.05, 0) is 33.2 Å². The molecule has 26 heavy (non-hydrogen) atoms. The molecular weight excluding hydrogens is 326 g/mol. The Bertz CT molecular complexity index is 571. The van der Waals surface area contributed by atoms with Gasteiger partial charge in [0.25, 0.3) is 0 Å². The lowest BCUT2D eigenvalue weighted by molar-refractivity contribution is -0.138. The van der Waals surface area contributed by atoms with Crippen molar-refractivity contribution in [2.75, 3.05) is 46.3 Å². The first kappa shape index (κ1) is 19.4. The van der Waals surface area contributed by atoms with Gasteiger partial charge in [-0.3, -0.25) is 9.69 Å². The van der Waals surface area contributed by atoms with E-state index in [0.717, 1.165) is 58.7 Å². The molecule has 0 aromatic carbocycles. The van der Waals surface area contributed by atoms with E-state index in [9.17, 15) is 4.79 Å². The van der Waals surface area contributed by atoms with Crippen LogP contribution in [0.25, 0.3) is 0 Å². The molecule has 0 unspecified atom stereocenters. The van der Waals surface area contributed by atoms with Crippen molar-refractivity contribution in [3.63, 3.8) is 0 Å². The average Bonchev–Trinajstić information content (AvgIpc) is 3.14. The summed E-state index contributed by atoms with van der Waals surface area (Å²) in [5.74, 6) is 2.02. The van der Waals surface area contributed by atoms with Gasteiger partial charge in [-0.25, -0.2) is 4.98 Å². The van der Waals surface area contributed by atoms with E-state index in [0.29, 0.717) is 11.8 Å². The number of carbonyl (C=O) groups excluding carboxylic acids is 1. The third kappa shape index (κ3) is 4.46. The van der Waals surface area contributed by atoms with Crippen molar-refractivity contribution in [1.82, 2.24) is 24.3 Å². The quantitative estimate of drug-likeness (QED) is 0.778. The summed E-state index contributed by atoms with van der Waals surface area (Å²) in [6.07, 6.45) is 8.50. The third-order valence-electron chi connectivity index (χ3n) is 6.12. The molecule has 1 aromatic rings. The molecule has 3 heterocycles. The third-order valence-corrected chi connectivity index (χ3v) is 6.12. The summed E-state index contributed by atoms with van der Waals surface area (Å²) in [6.45, 7) is 11.2. The fraction of sp³-hybridized carbons (Fsp3) is 0.800. The average molecular weight is 362 g/mol. The van der Waals surface area contributed by atoms with E-state index in [1.807, 2.05) is 6.20 Å². The minimum absolute atomic E-state index is 0.00629. The van der Waals surface area contributed by atoms with Crippen molar-refractivity contribution in [3.8, 4) is 0 Å². The Hall–Kier alpha value is -1.40. The predicted molar refractivity (Wildman–Crippen MR) is 104 cm³/mol. The van der Waals surface area contributed by atoms with Crippen LogP contribution in [0.4, 0.5) is 0 Å². The first-order valence-corrected chi connectivity index (χ1v) is 10.3. The van der Waals surface area contributed by atoms with Gasteiger partial charge in [0.2, 0.25) is 5.91 Å². The van der Waals surface area contributed by atoms with E-state index in [2.05, 4.69) is 51.3 Å². The van der Waals surface area contributed by atoms with Gasteiger partial charge in [0.1, 0.15) is 5.82 Å². The van der Waals surface area contributed by atoms with E-state index in [1.165, 1.54) is 18.7 Å². The largest absolute Gasteiger partial charge is 0.341 e. The summed E-state index contributed by atoms with van der Waals surface area (Å²) in [5.41, 5.74) is 0. The van der Waals surface area contributed by atoms with E-state index in [-0.39, 0.29) is 6.04 Å². The topological polar surface area (TPSA) is 44.6 Å². The second-order valence-corrected chi connectivity index (χ2v) is 7.95. The Morgan fingerprint density at radius 2 is 1.88 bits per heavy atom. The van der Waals surface area contributed by atoms with Crippen LogP contribution in [-0.4, -0.2) is 82.5 Å². The number of piperidine rings is 1. The van der Waals surface area contributed by atoms with Crippen molar-refractivity contribution in [1.29, 1.82) is 0 Å². The van der Waals surface area contributed by atoms with Gasteiger partial charge in [0.05, 0.1) is 6.04 Å². The zero-order valence-corrected chi connectivity index (χ0v) is 16.7. The van der Waals surface area contributed by atoms with Gasteiger partial charge < -0.3 is 14.4 Å². The minimum Gasteiger partial charge on any atom is -0.341 e. The van der Waals surface area contributed by atoms with Gasteiger partial charge in [0.15, 0.2) is 0 Å². The number of carbonyl (C=O) groups is 1. The molecule has 2 saturated heterocycles. The highest BCUT2D eigenvalue weighted by Crippen LogP contribution is 2.27. The van der Waals surface area contributed by atoms with E-state index < -0.39 is 0 Å². The number of aryl methyl sites for hydroxylation is 1. The predicted octanol–water partition coefficient (Wildman–Crippen LogP) is 2.03. The van der Waals surface area contributed by atoms with Gasteiger partial charge in [-0.15, -0.1) is 0 Å². The van der Waals surface area contributed by atoms with Gasteiger partial charge in [-0.1, -0.05) is 13.3 Å². The van der Waals surface area contributed by atoms with Crippen LogP contribution in [0.5, 0.6) is 0 Å². The molecule has 146 valence electrons. The molecule has 2 aliphatic rings. The van der Waals surface area contributed by atoms with Gasteiger partial charge in [0, 0.05) is 64.1 Å². The molecule has 2 fully saturated rings. The summed E-state index contributed by atoms with van der Waals surface area (Å²) in [7, 11) is 2.15. The van der Waals surface area contributed by atoms with Crippen LogP contribution in [-0.2, 0) is 11.3 Å². The summed E-state index contributed by atoms with van der Waals surface area (Å²) < 4.78 is 2.32. The highest BCUT2D eigenvalue weighted by atomic mass is 16.2. The number of aromatic nitrogens is 2. The zero-order valence-electron chi connectivity index (χ0n) is 16.7. The number of likely N-dealkylation sites (tertiary alicyclic amines) is 1. The number of rotatable bonds is 6. The summed E-state index contributed by atoms with van der Waals surface area (Å²) in [6, 6.07) is 0.00629. The lowest BCUT2D eigenvalue weighted by Gasteiger charge is -2.39. The molecule has 1 aromatic heterocycles. The van der Waals surface area contributed by atoms with E-state index >= 15 is 0 Å². The molecule has 6 heteroatoms. The first-order valence-electron chi connectivity index (χ1n) is 10.3. The molecule has 3 rings (SSSR count). The number of unbranched alkanes of at least 4 members (excludes halogenated alkanes) is 1. The molecule has 1 amide bonds. The maximum Gasteiger partial charge on any atom is 0.239 e. The van der Waals surface area contributed by atoms with Crippen molar-refractivity contribution in [2.45, 2.75) is 58.0 Å². The Kier molecular flexibility index (Phi) is 6.70. The van der Waals surface area contributed by atoms with E-state index in [1.54, 1.807) is 0 Å². The van der Waals surface area contributed by atoms with Crippen LogP contribution in [0.2, 0.25) is 0 Å². The van der Waals surface area contributed by atoms with Gasteiger partial charge >= 0.3 is 0 Å². The molecule has 0 spiro atoms. The number of imidazole rings is 1. The second kappa shape index (κ2) is 9.00. The highest BCUT2D eigenvalue weighted by Gasteiger charge is 2.31. The van der Waals surface area contributed by atoms with Crippen LogP contribution in [0, 0.1) is 0 Å². The molecule has 6 nitrogen and oxygen atoms in total. The maximum atomic E-state index is 12.9. The Morgan fingerprint density at radius 1 is 1.19 bits per heavy atom. The minimum atomic E-state index is 0.00629. The first-order chi connectivity index (χ1) is 12.6. The van der Waals surface area contributed by atoms with Crippen molar-refractivity contribution >= 4 is 5.91 Å². The highest BCUT2D eigenvalue weighted by molar-refractivity contribution is 5.81. The van der Waals surface area contributed by atoms with Crippen LogP contribution in [0.3, 0.4) is 0 Å². The smallest absolute Gasteiger partial charge is 0.239 e. The molecule has 0 saturated carbocycles. The van der Waals surface area contributed by atoms with E-state index in [4.69, 9.17) is 0 Å². The second-order valence-electron chi connectivity index (χ2n) is 7.95. The SMILES string of the molecule is CCCCn1ccnc1C1CCN(C(=O)[C@H](C)N2CCN(C)CC2)CC1. The van der Waals surface area contributed by atoms with Crippen LogP contribution < -0.4 is 0 Å². The lowest BCUT2D eigenvalue weighted by Crippen LogP contribution is -2.54. The summed E-state index contributed by atoms with van der Waals surface area (Å²) in [4.78, 5) is 24.3. The standard InChI is InChI=1S/C20H35N5O/c1-4-5-9-24-12-8-21-19(24)18-6-10-25(11-7-18)20(26)17(2)23-15-13-22(3)14-16-23/h8,12,17-18H,4-7,9-11,13-16H2,1-3H3/t17-/m0/s1. The van der Waals surface area contributed by atoms with Gasteiger partial charge in [-0.2, -0.15) is 0 Å². The maximum absolute atomic E-state index is 12.9. The lowest BCUT2D eigenvalue weighted by atomic mass is 9.95.